The van der Waals surface area contributed by atoms with E-state index in [2.05, 4.69) is 10.1 Å². The lowest BCUT2D eigenvalue weighted by Crippen LogP contribution is -2.19. The maximum atomic E-state index is 12.0. The molecule has 0 spiro atoms. The van der Waals surface area contributed by atoms with Crippen LogP contribution >= 0.6 is 0 Å². The van der Waals surface area contributed by atoms with Crippen molar-refractivity contribution >= 4 is 5.69 Å². The predicted molar refractivity (Wildman–Crippen MR) is 65.2 cm³/mol. The third kappa shape index (κ3) is 4.98. The van der Waals surface area contributed by atoms with Gasteiger partial charge in [0, 0.05) is 24.9 Å². The molecule has 0 aromatic heterocycles. The predicted octanol–water partition coefficient (Wildman–Crippen LogP) is 3.57. The summed E-state index contributed by atoms with van der Waals surface area (Å²) < 4.78 is 45.2. The second kappa shape index (κ2) is 6.14. The van der Waals surface area contributed by atoms with Crippen molar-refractivity contribution in [2.75, 3.05) is 18.5 Å². The highest BCUT2D eigenvalue weighted by Crippen LogP contribution is 2.24. The largest absolute Gasteiger partial charge is 0.573 e. The normalized spacial score (nSPS) is 20.7. The van der Waals surface area contributed by atoms with Gasteiger partial charge in [-0.2, -0.15) is 0 Å². The van der Waals surface area contributed by atoms with Crippen LogP contribution in [0.4, 0.5) is 18.9 Å². The van der Waals surface area contributed by atoms with E-state index in [-0.39, 0.29) is 5.75 Å². The number of benzene rings is 1. The van der Waals surface area contributed by atoms with Gasteiger partial charge in [0.05, 0.1) is 0 Å². The Morgan fingerprint density at radius 1 is 1.11 bits per heavy atom. The second-order valence-corrected chi connectivity index (χ2v) is 4.46. The van der Waals surface area contributed by atoms with Crippen LogP contribution in [0.25, 0.3) is 0 Å². The van der Waals surface area contributed by atoms with Gasteiger partial charge in [-0.15, -0.1) is 13.2 Å². The fraction of sp³-hybridized carbons (Fsp3) is 0.538. The molecule has 1 aromatic carbocycles. The Kier molecular flexibility index (Phi) is 4.52. The monoisotopic (exact) mass is 275 g/mol. The number of nitrogens with one attached hydrogen (secondary N) is 1. The fourth-order valence-electron chi connectivity index (χ4n) is 2.04. The molecule has 19 heavy (non-hydrogen) atoms. The average molecular weight is 275 g/mol. The van der Waals surface area contributed by atoms with E-state index in [1.54, 1.807) is 12.1 Å². The van der Waals surface area contributed by atoms with Crippen molar-refractivity contribution < 1.29 is 22.6 Å². The maximum Gasteiger partial charge on any atom is 0.573 e. The molecule has 1 unspecified atom stereocenters. The van der Waals surface area contributed by atoms with Crippen LogP contribution in [0.5, 0.6) is 5.75 Å². The molecule has 1 fully saturated rings. The van der Waals surface area contributed by atoms with Crippen molar-refractivity contribution in [3.8, 4) is 5.75 Å². The van der Waals surface area contributed by atoms with Crippen molar-refractivity contribution in [2.24, 2.45) is 0 Å². The third-order valence-corrected chi connectivity index (χ3v) is 2.91. The molecule has 1 aliphatic rings. The lowest BCUT2D eigenvalue weighted by Gasteiger charge is -2.17. The summed E-state index contributed by atoms with van der Waals surface area (Å²) in [5, 5.41) is 3.29. The summed E-state index contributed by atoms with van der Waals surface area (Å²) in [5.41, 5.74) is 0.793. The van der Waals surface area contributed by atoms with Crippen molar-refractivity contribution in [3.05, 3.63) is 24.3 Å². The Hall–Kier alpha value is -1.43. The van der Waals surface area contributed by atoms with Crippen LogP contribution < -0.4 is 10.1 Å². The zero-order valence-corrected chi connectivity index (χ0v) is 10.4. The molecule has 0 bridgehead atoms. The molecular weight excluding hydrogens is 259 g/mol. The number of halogens is 3. The SMILES string of the molecule is FC(F)(F)Oc1ccc(NC2CCCOCC2)cc1. The molecule has 1 N–H and O–H groups in total. The molecule has 1 saturated heterocycles. The maximum absolute atomic E-state index is 12.0. The van der Waals surface area contributed by atoms with Crippen LogP contribution in [0.1, 0.15) is 19.3 Å². The topological polar surface area (TPSA) is 30.5 Å². The van der Waals surface area contributed by atoms with Crippen LogP contribution in [-0.2, 0) is 4.74 Å². The molecule has 0 amide bonds. The summed E-state index contributed by atoms with van der Waals surface area (Å²) in [4.78, 5) is 0. The Labute approximate surface area is 109 Å². The van der Waals surface area contributed by atoms with E-state index in [9.17, 15) is 13.2 Å². The van der Waals surface area contributed by atoms with Crippen LogP contribution in [0.15, 0.2) is 24.3 Å². The summed E-state index contributed by atoms with van der Waals surface area (Å²) >= 11 is 0. The minimum absolute atomic E-state index is 0.206. The van der Waals surface area contributed by atoms with Gasteiger partial charge in [0.15, 0.2) is 0 Å². The molecule has 1 aliphatic heterocycles. The lowest BCUT2D eigenvalue weighted by molar-refractivity contribution is -0.274. The van der Waals surface area contributed by atoms with E-state index in [1.165, 1.54) is 12.1 Å². The van der Waals surface area contributed by atoms with Gasteiger partial charge in [0.2, 0.25) is 0 Å². The number of rotatable bonds is 3. The standard InChI is InChI=1S/C13H16F3NO2/c14-13(15,16)19-12-5-3-11(4-6-12)17-10-2-1-8-18-9-7-10/h3-6,10,17H,1-2,7-9H2. The summed E-state index contributed by atoms with van der Waals surface area (Å²) in [6.45, 7) is 1.49. The van der Waals surface area contributed by atoms with E-state index >= 15 is 0 Å². The van der Waals surface area contributed by atoms with E-state index in [1.807, 2.05) is 0 Å². The number of ether oxygens (including phenoxy) is 2. The number of hydrogen-bond acceptors (Lipinski definition) is 3. The molecule has 3 nitrogen and oxygen atoms in total. The first-order valence-electron chi connectivity index (χ1n) is 6.23. The minimum atomic E-state index is -4.65. The van der Waals surface area contributed by atoms with Crippen LogP contribution in [0.3, 0.4) is 0 Å². The Balaban J connectivity index is 1.90. The van der Waals surface area contributed by atoms with Crippen molar-refractivity contribution in [1.82, 2.24) is 0 Å². The first kappa shape index (κ1) is 14.0. The number of hydrogen-bond donors (Lipinski definition) is 1. The molecule has 1 aromatic rings. The molecule has 2 rings (SSSR count). The molecule has 6 heteroatoms. The van der Waals surface area contributed by atoms with Gasteiger partial charge in [-0.05, 0) is 43.5 Å². The van der Waals surface area contributed by atoms with Gasteiger partial charge in [0.25, 0.3) is 0 Å². The molecule has 1 heterocycles. The first-order chi connectivity index (χ1) is 9.03. The molecular formula is C13H16F3NO2. The van der Waals surface area contributed by atoms with Gasteiger partial charge in [-0.1, -0.05) is 0 Å². The zero-order chi connectivity index (χ0) is 13.7. The van der Waals surface area contributed by atoms with Crippen LogP contribution in [0, 0.1) is 0 Å². The van der Waals surface area contributed by atoms with Gasteiger partial charge in [-0.25, -0.2) is 0 Å². The fourth-order valence-corrected chi connectivity index (χ4v) is 2.04. The van der Waals surface area contributed by atoms with Gasteiger partial charge in [-0.3, -0.25) is 0 Å². The molecule has 0 aliphatic carbocycles. The molecule has 106 valence electrons. The zero-order valence-electron chi connectivity index (χ0n) is 10.4. The average Bonchev–Trinajstić information content (AvgIpc) is 2.58. The highest BCUT2D eigenvalue weighted by atomic mass is 19.4. The molecule has 0 saturated carbocycles. The quantitative estimate of drug-likeness (QED) is 0.914. The highest BCUT2D eigenvalue weighted by Gasteiger charge is 2.30. The number of alkyl halides is 3. The first-order valence-corrected chi connectivity index (χ1v) is 6.23. The van der Waals surface area contributed by atoms with E-state index < -0.39 is 6.36 Å². The van der Waals surface area contributed by atoms with E-state index in [0.29, 0.717) is 12.6 Å². The summed E-state index contributed by atoms with van der Waals surface area (Å²) in [6.07, 6.45) is -1.75. The van der Waals surface area contributed by atoms with Crippen molar-refractivity contribution in [2.45, 2.75) is 31.7 Å². The second-order valence-electron chi connectivity index (χ2n) is 4.46. The minimum Gasteiger partial charge on any atom is -0.406 e. The highest BCUT2D eigenvalue weighted by molar-refractivity contribution is 5.47. The van der Waals surface area contributed by atoms with Crippen LogP contribution in [-0.4, -0.2) is 25.6 Å². The van der Waals surface area contributed by atoms with E-state index in [4.69, 9.17) is 4.74 Å². The van der Waals surface area contributed by atoms with Gasteiger partial charge >= 0.3 is 6.36 Å². The van der Waals surface area contributed by atoms with Crippen molar-refractivity contribution in [3.63, 3.8) is 0 Å². The van der Waals surface area contributed by atoms with Crippen molar-refractivity contribution in [1.29, 1.82) is 0 Å². The Morgan fingerprint density at radius 2 is 1.84 bits per heavy atom. The summed E-state index contributed by atoms with van der Waals surface area (Å²) in [6, 6.07) is 6.10. The smallest absolute Gasteiger partial charge is 0.406 e. The van der Waals surface area contributed by atoms with Gasteiger partial charge in [0.1, 0.15) is 5.75 Å². The van der Waals surface area contributed by atoms with Crippen LogP contribution in [0.2, 0.25) is 0 Å². The number of anilines is 1. The Morgan fingerprint density at radius 3 is 2.53 bits per heavy atom. The lowest BCUT2D eigenvalue weighted by atomic mass is 10.1. The molecule has 0 radical (unpaired) electrons. The summed E-state index contributed by atoms with van der Waals surface area (Å²) in [7, 11) is 0. The summed E-state index contributed by atoms with van der Waals surface area (Å²) in [5.74, 6) is -0.206. The van der Waals surface area contributed by atoms with Gasteiger partial charge < -0.3 is 14.8 Å². The third-order valence-electron chi connectivity index (χ3n) is 2.91. The molecule has 1 atom stereocenters. The van der Waals surface area contributed by atoms with E-state index in [0.717, 1.165) is 31.6 Å². The Bertz CT molecular complexity index is 384.